The fourth-order valence-corrected chi connectivity index (χ4v) is 5.81. The third-order valence-electron chi connectivity index (χ3n) is 7.49. The molecule has 0 unspecified atom stereocenters. The van der Waals surface area contributed by atoms with Gasteiger partial charge < -0.3 is 9.80 Å². The van der Waals surface area contributed by atoms with Gasteiger partial charge in [0.05, 0.1) is 10.9 Å². The summed E-state index contributed by atoms with van der Waals surface area (Å²) >= 11 is 0. The second-order valence-corrected chi connectivity index (χ2v) is 9.25. The van der Waals surface area contributed by atoms with Crippen molar-refractivity contribution in [2.24, 2.45) is 5.41 Å². The van der Waals surface area contributed by atoms with Crippen molar-refractivity contribution in [2.75, 3.05) is 39.8 Å². The number of amides is 1. The maximum Gasteiger partial charge on any atom is 0.230 e. The van der Waals surface area contributed by atoms with Gasteiger partial charge in [0.15, 0.2) is 0 Å². The molecule has 1 saturated heterocycles. The molecule has 0 bridgehead atoms. The van der Waals surface area contributed by atoms with Crippen LogP contribution in [0.4, 0.5) is 0 Å². The van der Waals surface area contributed by atoms with Gasteiger partial charge >= 0.3 is 0 Å². The molecule has 2 atom stereocenters. The van der Waals surface area contributed by atoms with Crippen molar-refractivity contribution in [2.45, 2.75) is 38.3 Å². The van der Waals surface area contributed by atoms with Crippen LogP contribution in [-0.4, -0.2) is 71.4 Å². The van der Waals surface area contributed by atoms with Gasteiger partial charge in [0.2, 0.25) is 5.91 Å². The van der Waals surface area contributed by atoms with E-state index < -0.39 is 0 Å². The third-order valence-corrected chi connectivity index (χ3v) is 7.49. The van der Waals surface area contributed by atoms with Crippen molar-refractivity contribution in [1.29, 1.82) is 0 Å². The molecule has 1 aromatic carbocycles. The van der Waals surface area contributed by atoms with Crippen molar-refractivity contribution in [3.63, 3.8) is 0 Å². The van der Waals surface area contributed by atoms with Crippen LogP contribution in [-0.2, 0) is 11.3 Å². The van der Waals surface area contributed by atoms with Crippen molar-refractivity contribution in [3.05, 3.63) is 54.2 Å². The van der Waals surface area contributed by atoms with Crippen LogP contribution in [0.3, 0.4) is 0 Å². The average Bonchev–Trinajstić information content (AvgIpc) is 3.13. The Kier molecular flexibility index (Phi) is 5.34. The summed E-state index contributed by atoms with van der Waals surface area (Å²) in [4.78, 5) is 25.4. The number of hydrogen-bond donors (Lipinski definition) is 0. The van der Waals surface area contributed by atoms with Crippen molar-refractivity contribution in [1.82, 2.24) is 19.7 Å². The number of rotatable bonds is 3. The van der Waals surface area contributed by atoms with Gasteiger partial charge in [-0.15, -0.1) is 0 Å². The largest absolute Gasteiger partial charge is 0.340 e. The van der Waals surface area contributed by atoms with Crippen LogP contribution in [0.2, 0.25) is 0 Å². The Morgan fingerprint density at radius 1 is 1.13 bits per heavy atom. The van der Waals surface area contributed by atoms with Gasteiger partial charge in [-0.25, -0.2) is 0 Å². The molecule has 5 rings (SSSR count). The van der Waals surface area contributed by atoms with E-state index >= 15 is 0 Å². The van der Waals surface area contributed by atoms with Crippen molar-refractivity contribution >= 4 is 16.8 Å². The summed E-state index contributed by atoms with van der Waals surface area (Å²) in [5.41, 5.74) is 2.10. The Balaban J connectivity index is 1.44. The van der Waals surface area contributed by atoms with E-state index in [-0.39, 0.29) is 5.41 Å². The van der Waals surface area contributed by atoms with E-state index in [1.165, 1.54) is 10.9 Å². The van der Waals surface area contributed by atoms with Gasteiger partial charge in [0, 0.05) is 56.9 Å². The molecule has 1 amide bonds. The lowest BCUT2D eigenvalue weighted by molar-refractivity contribution is -0.146. The van der Waals surface area contributed by atoms with Crippen molar-refractivity contribution in [3.8, 4) is 0 Å². The zero-order valence-corrected chi connectivity index (χ0v) is 18.0. The van der Waals surface area contributed by atoms with Crippen LogP contribution in [0.5, 0.6) is 0 Å². The lowest BCUT2D eigenvalue weighted by Crippen LogP contribution is -2.56. The molecule has 2 aromatic rings. The topological polar surface area (TPSA) is 39.7 Å². The Labute approximate surface area is 179 Å². The summed E-state index contributed by atoms with van der Waals surface area (Å²) in [6.07, 6.45) is 10.6. The lowest BCUT2D eigenvalue weighted by Gasteiger charge is -2.43. The number of allylic oxidation sites excluding steroid dienone is 1. The van der Waals surface area contributed by atoms with Crippen LogP contribution in [0, 0.1) is 5.41 Å². The molecule has 3 heterocycles. The highest BCUT2D eigenvalue weighted by Gasteiger charge is 2.52. The first-order chi connectivity index (χ1) is 14.7. The average molecular weight is 405 g/mol. The Morgan fingerprint density at radius 2 is 2.00 bits per heavy atom. The second kappa shape index (κ2) is 8.12. The molecule has 1 aliphatic carbocycles. The monoisotopic (exact) mass is 404 g/mol. The first-order valence-corrected chi connectivity index (χ1v) is 11.4. The van der Waals surface area contributed by atoms with E-state index in [4.69, 9.17) is 0 Å². The van der Waals surface area contributed by atoms with Gasteiger partial charge in [-0.3, -0.25) is 14.7 Å². The summed E-state index contributed by atoms with van der Waals surface area (Å²) in [6, 6.07) is 10.9. The first-order valence-electron chi connectivity index (χ1n) is 11.4. The van der Waals surface area contributed by atoms with Crippen LogP contribution in [0.1, 0.15) is 31.2 Å². The molecule has 5 nitrogen and oxygen atoms in total. The van der Waals surface area contributed by atoms with E-state index in [0.29, 0.717) is 11.9 Å². The minimum atomic E-state index is -0.258. The predicted molar refractivity (Wildman–Crippen MR) is 120 cm³/mol. The van der Waals surface area contributed by atoms with Crippen LogP contribution in [0.15, 0.2) is 48.7 Å². The van der Waals surface area contributed by atoms with Gasteiger partial charge in [0.25, 0.3) is 0 Å². The van der Waals surface area contributed by atoms with E-state index in [1.54, 1.807) is 0 Å². The summed E-state index contributed by atoms with van der Waals surface area (Å²) in [6.45, 7) is 5.48. The minimum Gasteiger partial charge on any atom is -0.340 e. The molecule has 158 valence electrons. The summed E-state index contributed by atoms with van der Waals surface area (Å²) in [5, 5.41) is 1.22. The zero-order valence-electron chi connectivity index (χ0n) is 18.0. The molecule has 0 N–H and O–H groups in total. The van der Waals surface area contributed by atoms with E-state index in [0.717, 1.165) is 70.5 Å². The highest BCUT2D eigenvalue weighted by Crippen LogP contribution is 2.47. The number of piperazine rings is 1. The first kappa shape index (κ1) is 19.7. The van der Waals surface area contributed by atoms with E-state index in [1.807, 2.05) is 12.3 Å². The molecule has 0 spiro atoms. The lowest BCUT2D eigenvalue weighted by atomic mass is 9.77. The van der Waals surface area contributed by atoms with Gasteiger partial charge in [0.1, 0.15) is 0 Å². The van der Waals surface area contributed by atoms with Crippen molar-refractivity contribution < 1.29 is 4.79 Å². The predicted octanol–water partition coefficient (Wildman–Crippen LogP) is 3.31. The smallest absolute Gasteiger partial charge is 0.230 e. The van der Waals surface area contributed by atoms with Crippen LogP contribution < -0.4 is 0 Å². The third kappa shape index (κ3) is 3.44. The Bertz CT molecular complexity index is 944. The van der Waals surface area contributed by atoms with E-state index in [9.17, 15) is 4.79 Å². The number of fused-ring (bicyclic) bond motifs is 2. The summed E-state index contributed by atoms with van der Waals surface area (Å²) in [5.74, 6) is 0.397. The van der Waals surface area contributed by atoms with Gasteiger partial charge in [-0.05, 0) is 44.0 Å². The summed E-state index contributed by atoms with van der Waals surface area (Å²) in [7, 11) is 2.15. The molecular formula is C25H32N4O. The standard InChI is InChI=1S/C25H32N4O/c1-27-15-17-28(18-16-27)24(30)25-11-2-3-14-29(23(25)10-5-12-25)19-20-7-4-9-22-21(20)8-6-13-26-22/h2-4,6-9,13,23H,5,10-12,14-19H2,1H3/t23-,25-/m1/s1. The Hall–Kier alpha value is -2.24. The number of pyridine rings is 1. The van der Waals surface area contributed by atoms with E-state index in [2.05, 4.69) is 63.1 Å². The SMILES string of the molecule is CN1CCN(C(=O)[C@@]23CC=CCN(Cc4cccc5ncccc45)[C@@H]2CCC3)CC1. The highest BCUT2D eigenvalue weighted by molar-refractivity contribution is 5.85. The zero-order chi connectivity index (χ0) is 20.6. The second-order valence-electron chi connectivity index (χ2n) is 9.25. The highest BCUT2D eigenvalue weighted by atomic mass is 16.2. The molecule has 0 radical (unpaired) electrons. The van der Waals surface area contributed by atoms with Crippen LogP contribution in [0.25, 0.3) is 10.9 Å². The molecule has 3 aliphatic rings. The molecule has 1 aromatic heterocycles. The number of aromatic nitrogens is 1. The molecule has 2 aliphatic heterocycles. The molecule has 1 saturated carbocycles. The maximum absolute atomic E-state index is 13.9. The number of benzene rings is 1. The van der Waals surface area contributed by atoms with Gasteiger partial charge in [-0.1, -0.05) is 36.8 Å². The van der Waals surface area contributed by atoms with Crippen LogP contribution >= 0.6 is 0 Å². The molecule has 2 fully saturated rings. The number of likely N-dealkylation sites (N-methyl/N-ethyl adjacent to an activating group) is 1. The fraction of sp³-hybridized carbons (Fsp3) is 0.520. The Morgan fingerprint density at radius 3 is 2.87 bits per heavy atom. The quantitative estimate of drug-likeness (QED) is 0.736. The molecule has 30 heavy (non-hydrogen) atoms. The maximum atomic E-state index is 13.9. The normalized spacial score (nSPS) is 27.9. The number of carbonyl (C=O) groups is 1. The fourth-order valence-electron chi connectivity index (χ4n) is 5.81. The van der Waals surface area contributed by atoms with Gasteiger partial charge in [-0.2, -0.15) is 0 Å². The minimum absolute atomic E-state index is 0.258. The number of nitrogens with zero attached hydrogens (tertiary/aromatic N) is 4. The molecular weight excluding hydrogens is 372 g/mol. The summed E-state index contributed by atoms with van der Waals surface area (Å²) < 4.78 is 0. The number of carbonyl (C=O) groups excluding carboxylic acids is 1. The molecule has 5 heteroatoms. The number of hydrogen-bond acceptors (Lipinski definition) is 4.